The number of para-hydroxylation sites is 1. The van der Waals surface area contributed by atoms with Crippen molar-refractivity contribution >= 4 is 11.9 Å². The average molecular weight is 343 g/mol. The van der Waals surface area contributed by atoms with Gasteiger partial charge in [0.2, 0.25) is 5.91 Å². The molecule has 0 unspecified atom stereocenters. The second kappa shape index (κ2) is 7.72. The summed E-state index contributed by atoms with van der Waals surface area (Å²) in [4.78, 5) is 25.0. The summed E-state index contributed by atoms with van der Waals surface area (Å²) in [7, 11) is 0. The molecular weight excluding hydrogens is 318 g/mol. The third-order valence-electron chi connectivity index (χ3n) is 4.86. The molecule has 1 amide bonds. The molecule has 1 aromatic carbocycles. The monoisotopic (exact) mass is 343 g/mol. The van der Waals surface area contributed by atoms with E-state index in [0.717, 1.165) is 31.2 Å². The van der Waals surface area contributed by atoms with E-state index in [-0.39, 0.29) is 30.3 Å². The highest BCUT2D eigenvalue weighted by molar-refractivity contribution is 5.96. The number of allylic oxidation sites excluding steroid dienone is 1. The predicted octanol–water partition coefficient (Wildman–Crippen LogP) is 3.45. The molecule has 1 fully saturated rings. The molecule has 1 aliphatic heterocycles. The zero-order valence-electron chi connectivity index (χ0n) is 14.8. The lowest BCUT2D eigenvalue weighted by Crippen LogP contribution is -2.35. The van der Waals surface area contributed by atoms with Gasteiger partial charge in [0.15, 0.2) is 0 Å². The molecule has 1 aliphatic carbocycles. The van der Waals surface area contributed by atoms with Crippen LogP contribution in [0.3, 0.4) is 0 Å². The van der Waals surface area contributed by atoms with Gasteiger partial charge in [-0.3, -0.25) is 4.79 Å². The second-order valence-corrected chi connectivity index (χ2v) is 6.63. The SMILES string of the molecule is CCOc1ccccc1[C@H]1CC(=O)NC(C)=C1C(=O)OC1CCCC1. The minimum Gasteiger partial charge on any atom is -0.494 e. The summed E-state index contributed by atoms with van der Waals surface area (Å²) in [5.74, 6) is -0.0408. The number of rotatable bonds is 5. The Labute approximate surface area is 148 Å². The Morgan fingerprint density at radius 1 is 1.24 bits per heavy atom. The highest BCUT2D eigenvalue weighted by Gasteiger charge is 2.35. The minimum absolute atomic E-state index is 0.00628. The van der Waals surface area contributed by atoms with Crippen molar-refractivity contribution in [2.24, 2.45) is 0 Å². The fourth-order valence-corrected chi connectivity index (χ4v) is 3.71. The molecule has 25 heavy (non-hydrogen) atoms. The third kappa shape index (κ3) is 3.86. The molecule has 1 N–H and O–H groups in total. The van der Waals surface area contributed by atoms with Crippen molar-refractivity contribution in [3.8, 4) is 5.75 Å². The summed E-state index contributed by atoms with van der Waals surface area (Å²) in [6.07, 6.45) is 4.26. The molecule has 1 saturated carbocycles. The van der Waals surface area contributed by atoms with E-state index in [1.165, 1.54) is 0 Å². The number of benzene rings is 1. The van der Waals surface area contributed by atoms with Gasteiger partial charge < -0.3 is 14.8 Å². The van der Waals surface area contributed by atoms with Crippen molar-refractivity contribution in [2.75, 3.05) is 6.61 Å². The highest BCUT2D eigenvalue weighted by Crippen LogP contribution is 2.38. The molecular formula is C20H25NO4. The maximum atomic E-state index is 12.9. The summed E-state index contributed by atoms with van der Waals surface area (Å²) in [6, 6.07) is 7.59. The molecule has 134 valence electrons. The van der Waals surface area contributed by atoms with Crippen LogP contribution in [-0.4, -0.2) is 24.6 Å². The molecule has 1 aromatic rings. The minimum atomic E-state index is -0.342. The van der Waals surface area contributed by atoms with Gasteiger partial charge in [-0.15, -0.1) is 0 Å². The van der Waals surface area contributed by atoms with Crippen LogP contribution in [0.4, 0.5) is 0 Å². The topological polar surface area (TPSA) is 64.6 Å². The Bertz CT molecular complexity index is 689. The Kier molecular flexibility index (Phi) is 5.41. The van der Waals surface area contributed by atoms with E-state index < -0.39 is 0 Å². The van der Waals surface area contributed by atoms with Crippen molar-refractivity contribution in [1.29, 1.82) is 0 Å². The number of esters is 1. The first kappa shape index (κ1) is 17.5. The van der Waals surface area contributed by atoms with Gasteiger partial charge in [0.25, 0.3) is 0 Å². The molecule has 0 saturated heterocycles. The van der Waals surface area contributed by atoms with Gasteiger partial charge in [0.05, 0.1) is 12.2 Å². The first-order chi connectivity index (χ1) is 12.1. The van der Waals surface area contributed by atoms with E-state index in [9.17, 15) is 9.59 Å². The zero-order valence-corrected chi connectivity index (χ0v) is 14.8. The molecule has 5 nitrogen and oxygen atoms in total. The van der Waals surface area contributed by atoms with Crippen molar-refractivity contribution in [1.82, 2.24) is 5.32 Å². The van der Waals surface area contributed by atoms with E-state index in [1.54, 1.807) is 6.92 Å². The van der Waals surface area contributed by atoms with Crippen molar-refractivity contribution in [3.63, 3.8) is 0 Å². The Morgan fingerprint density at radius 2 is 1.96 bits per heavy atom. The van der Waals surface area contributed by atoms with Gasteiger partial charge in [-0.1, -0.05) is 18.2 Å². The van der Waals surface area contributed by atoms with E-state index in [2.05, 4.69) is 5.32 Å². The lowest BCUT2D eigenvalue weighted by molar-refractivity contribution is -0.144. The van der Waals surface area contributed by atoms with Crippen LogP contribution in [-0.2, 0) is 14.3 Å². The highest BCUT2D eigenvalue weighted by atomic mass is 16.5. The molecule has 1 atom stereocenters. The van der Waals surface area contributed by atoms with E-state index >= 15 is 0 Å². The molecule has 3 rings (SSSR count). The molecule has 0 spiro atoms. The van der Waals surface area contributed by atoms with Crippen molar-refractivity contribution < 1.29 is 19.1 Å². The van der Waals surface area contributed by atoms with Crippen LogP contribution in [0.15, 0.2) is 35.5 Å². The van der Waals surface area contributed by atoms with Crippen LogP contribution in [0.2, 0.25) is 0 Å². The van der Waals surface area contributed by atoms with Crippen molar-refractivity contribution in [2.45, 2.75) is 58.0 Å². The van der Waals surface area contributed by atoms with Crippen molar-refractivity contribution in [3.05, 3.63) is 41.1 Å². The normalized spacial score (nSPS) is 21.2. The van der Waals surface area contributed by atoms with Crippen LogP contribution >= 0.6 is 0 Å². The number of nitrogens with one attached hydrogen (secondary N) is 1. The number of carbonyl (C=O) groups excluding carboxylic acids is 2. The predicted molar refractivity (Wildman–Crippen MR) is 94.2 cm³/mol. The zero-order chi connectivity index (χ0) is 17.8. The number of hydrogen-bond donors (Lipinski definition) is 1. The third-order valence-corrected chi connectivity index (χ3v) is 4.86. The fourth-order valence-electron chi connectivity index (χ4n) is 3.71. The molecule has 0 aromatic heterocycles. The molecule has 5 heteroatoms. The average Bonchev–Trinajstić information content (AvgIpc) is 3.07. The van der Waals surface area contributed by atoms with Gasteiger partial charge in [-0.2, -0.15) is 0 Å². The first-order valence-corrected chi connectivity index (χ1v) is 9.03. The van der Waals surface area contributed by atoms with Crippen LogP contribution < -0.4 is 10.1 Å². The quantitative estimate of drug-likeness (QED) is 0.832. The smallest absolute Gasteiger partial charge is 0.336 e. The lowest BCUT2D eigenvalue weighted by Gasteiger charge is -2.28. The molecule has 0 radical (unpaired) electrons. The largest absolute Gasteiger partial charge is 0.494 e. The summed E-state index contributed by atoms with van der Waals surface area (Å²) in [5.41, 5.74) is 1.98. The first-order valence-electron chi connectivity index (χ1n) is 9.03. The maximum Gasteiger partial charge on any atom is 0.336 e. The number of hydrogen-bond acceptors (Lipinski definition) is 4. The van der Waals surface area contributed by atoms with E-state index in [4.69, 9.17) is 9.47 Å². The van der Waals surface area contributed by atoms with Gasteiger partial charge in [-0.25, -0.2) is 4.79 Å². The van der Waals surface area contributed by atoms with Gasteiger partial charge in [-0.05, 0) is 45.6 Å². The van der Waals surface area contributed by atoms with Crippen LogP contribution in [0.1, 0.15) is 57.4 Å². The van der Waals surface area contributed by atoms with Crippen LogP contribution in [0.5, 0.6) is 5.75 Å². The molecule has 0 bridgehead atoms. The fraction of sp³-hybridized carbons (Fsp3) is 0.500. The summed E-state index contributed by atoms with van der Waals surface area (Å²) in [5, 5.41) is 2.79. The van der Waals surface area contributed by atoms with Gasteiger partial charge in [0, 0.05) is 23.6 Å². The van der Waals surface area contributed by atoms with Gasteiger partial charge in [0.1, 0.15) is 11.9 Å². The Hall–Kier alpha value is -2.30. The maximum absolute atomic E-state index is 12.9. The number of amides is 1. The molecule has 2 aliphatic rings. The Morgan fingerprint density at radius 3 is 2.68 bits per heavy atom. The number of ether oxygens (including phenoxy) is 2. The number of carbonyl (C=O) groups is 2. The van der Waals surface area contributed by atoms with E-state index in [0.29, 0.717) is 23.6 Å². The standard InChI is InChI=1S/C20H25NO4/c1-3-24-17-11-7-6-10-15(17)16-12-18(22)21-13(2)19(16)20(23)25-14-8-4-5-9-14/h6-7,10-11,14,16H,3-5,8-9,12H2,1-2H3,(H,21,22)/t16-/m1/s1. The van der Waals surface area contributed by atoms with Crippen LogP contribution in [0.25, 0.3) is 0 Å². The van der Waals surface area contributed by atoms with Crippen LogP contribution in [0, 0.1) is 0 Å². The summed E-state index contributed by atoms with van der Waals surface area (Å²) < 4.78 is 11.4. The second-order valence-electron chi connectivity index (χ2n) is 6.63. The van der Waals surface area contributed by atoms with Gasteiger partial charge >= 0.3 is 5.97 Å². The lowest BCUT2D eigenvalue weighted by atomic mass is 9.84. The molecule has 1 heterocycles. The summed E-state index contributed by atoms with van der Waals surface area (Å²) >= 11 is 0. The Balaban J connectivity index is 1.93. The van der Waals surface area contributed by atoms with E-state index in [1.807, 2.05) is 31.2 Å². The summed E-state index contributed by atoms with van der Waals surface area (Å²) in [6.45, 7) is 4.21.